The van der Waals surface area contributed by atoms with Crippen LogP contribution in [0.5, 0.6) is 0 Å². The summed E-state index contributed by atoms with van der Waals surface area (Å²) in [4.78, 5) is 11.9. The van der Waals surface area contributed by atoms with Gasteiger partial charge in [-0.05, 0) is 46.0 Å². The van der Waals surface area contributed by atoms with E-state index in [9.17, 15) is 13.2 Å². The Morgan fingerprint density at radius 3 is 2.72 bits per heavy atom. The van der Waals surface area contributed by atoms with Crippen molar-refractivity contribution >= 4 is 38.7 Å². The van der Waals surface area contributed by atoms with Crippen molar-refractivity contribution in [2.24, 2.45) is 0 Å². The first-order valence-electron chi connectivity index (χ1n) is 7.22. The van der Waals surface area contributed by atoms with Gasteiger partial charge in [0.15, 0.2) is 0 Å². The van der Waals surface area contributed by atoms with Crippen LogP contribution in [0.4, 0.5) is 0 Å². The quantitative estimate of drug-likeness (QED) is 0.570. The van der Waals surface area contributed by atoms with Gasteiger partial charge in [-0.15, -0.1) is 11.3 Å². The summed E-state index contributed by atoms with van der Waals surface area (Å²) in [7, 11) is -2.68. The minimum absolute atomic E-state index is 0.0499. The second-order valence-electron chi connectivity index (χ2n) is 5.09. The molecule has 3 aromatic rings. The lowest BCUT2D eigenvalue weighted by Gasteiger charge is -2.21. The van der Waals surface area contributed by atoms with E-state index in [0.717, 1.165) is 16.9 Å². The van der Waals surface area contributed by atoms with Crippen LogP contribution in [0.25, 0.3) is 0 Å². The molecule has 0 aliphatic heterocycles. The van der Waals surface area contributed by atoms with Crippen LogP contribution < -0.4 is 0 Å². The number of esters is 1. The highest BCUT2D eigenvalue weighted by molar-refractivity contribution is 7.89. The molecule has 0 unspecified atom stereocenters. The molecule has 0 saturated heterocycles. The van der Waals surface area contributed by atoms with E-state index in [2.05, 4.69) is 0 Å². The fraction of sp³-hybridized carbons (Fsp3) is 0.188. The average molecular weight is 397 g/mol. The number of methoxy groups -OCH3 is 1. The summed E-state index contributed by atoms with van der Waals surface area (Å²) in [5, 5.41) is 5.34. The lowest BCUT2D eigenvalue weighted by Crippen LogP contribution is -2.30. The van der Waals surface area contributed by atoms with Gasteiger partial charge in [-0.3, -0.25) is 0 Å². The monoisotopic (exact) mass is 397 g/mol. The molecule has 0 fully saturated rings. The van der Waals surface area contributed by atoms with Gasteiger partial charge in [0.25, 0.3) is 0 Å². The lowest BCUT2D eigenvalue weighted by molar-refractivity contribution is 0.0602. The Bertz CT molecular complexity index is 890. The van der Waals surface area contributed by atoms with E-state index in [4.69, 9.17) is 9.15 Å². The number of thiophene rings is 2. The van der Waals surface area contributed by atoms with Crippen molar-refractivity contribution in [3.8, 4) is 0 Å². The van der Waals surface area contributed by atoms with Crippen LogP contribution in [0.15, 0.2) is 56.0 Å². The molecule has 0 bridgehead atoms. The van der Waals surface area contributed by atoms with Crippen LogP contribution >= 0.6 is 22.7 Å². The Hall–Kier alpha value is -1.94. The number of rotatable bonds is 7. The van der Waals surface area contributed by atoms with Gasteiger partial charge in [0.2, 0.25) is 10.0 Å². The first-order chi connectivity index (χ1) is 12.0. The van der Waals surface area contributed by atoms with Crippen LogP contribution in [-0.2, 0) is 27.8 Å². The molecule has 3 aromatic heterocycles. The third kappa shape index (κ3) is 3.84. The van der Waals surface area contributed by atoms with Gasteiger partial charge in [0.1, 0.15) is 15.5 Å². The minimum atomic E-state index is -3.91. The predicted molar refractivity (Wildman–Crippen MR) is 95.1 cm³/mol. The molecule has 0 aliphatic carbocycles. The van der Waals surface area contributed by atoms with Crippen LogP contribution in [0.1, 0.15) is 21.0 Å². The van der Waals surface area contributed by atoms with Gasteiger partial charge < -0.3 is 9.15 Å². The van der Waals surface area contributed by atoms with E-state index < -0.39 is 16.0 Å². The van der Waals surface area contributed by atoms with Crippen molar-refractivity contribution in [2.45, 2.75) is 18.0 Å². The van der Waals surface area contributed by atoms with Crippen molar-refractivity contribution in [2.75, 3.05) is 7.11 Å². The standard InChI is InChI=1S/C16H15NO5S3/c1-21-16(18)15-14(5-8-24-15)25(19,20)17(9-12-4-7-23-11-12)10-13-3-2-6-22-13/h2-8,11H,9-10H2,1H3. The number of carbonyl (C=O) groups is 1. The van der Waals surface area contributed by atoms with Crippen molar-refractivity contribution in [3.05, 3.63) is 62.9 Å². The molecular formula is C16H15NO5S3. The number of furan rings is 1. The smallest absolute Gasteiger partial charge is 0.349 e. The summed E-state index contributed by atoms with van der Waals surface area (Å²) >= 11 is 2.53. The predicted octanol–water partition coefficient (Wildman–Crippen LogP) is 3.58. The van der Waals surface area contributed by atoms with Gasteiger partial charge in [-0.25, -0.2) is 13.2 Å². The first-order valence-corrected chi connectivity index (χ1v) is 10.5. The Morgan fingerprint density at radius 1 is 1.24 bits per heavy atom. The van der Waals surface area contributed by atoms with Crippen LogP contribution in [0, 0.1) is 0 Å². The number of carbonyl (C=O) groups excluding carboxylic acids is 1. The molecule has 0 saturated carbocycles. The molecule has 0 aromatic carbocycles. The van der Waals surface area contributed by atoms with Crippen LogP contribution in [-0.4, -0.2) is 25.8 Å². The Kier molecular flexibility index (Phi) is 5.38. The molecule has 9 heteroatoms. The Morgan fingerprint density at radius 2 is 2.08 bits per heavy atom. The molecule has 0 amide bonds. The number of nitrogens with zero attached hydrogens (tertiary/aromatic N) is 1. The highest BCUT2D eigenvalue weighted by Gasteiger charge is 2.31. The van der Waals surface area contributed by atoms with Crippen LogP contribution in [0.3, 0.4) is 0 Å². The second kappa shape index (κ2) is 7.52. The molecule has 25 heavy (non-hydrogen) atoms. The number of hydrogen-bond donors (Lipinski definition) is 0. The molecule has 0 aliphatic rings. The second-order valence-corrected chi connectivity index (χ2v) is 8.69. The van der Waals surface area contributed by atoms with Gasteiger partial charge >= 0.3 is 5.97 Å². The highest BCUT2D eigenvalue weighted by atomic mass is 32.2. The third-order valence-corrected chi connectivity index (χ3v) is 7.06. The number of sulfonamides is 1. The van der Waals surface area contributed by atoms with Crippen molar-refractivity contribution in [1.29, 1.82) is 0 Å². The summed E-state index contributed by atoms with van der Waals surface area (Å²) in [5.74, 6) is -0.143. The van der Waals surface area contributed by atoms with Gasteiger partial charge in [-0.1, -0.05) is 0 Å². The van der Waals surface area contributed by atoms with E-state index in [1.165, 1.54) is 35.1 Å². The summed E-state index contributed by atoms with van der Waals surface area (Å²) in [6.07, 6.45) is 1.50. The lowest BCUT2D eigenvalue weighted by atomic mass is 10.3. The van der Waals surface area contributed by atoms with E-state index in [0.29, 0.717) is 5.76 Å². The maximum atomic E-state index is 13.2. The van der Waals surface area contributed by atoms with E-state index >= 15 is 0 Å². The summed E-state index contributed by atoms with van der Waals surface area (Å²) in [6, 6.07) is 6.71. The summed E-state index contributed by atoms with van der Waals surface area (Å²) in [6.45, 7) is 0.255. The third-order valence-electron chi connectivity index (χ3n) is 3.47. The van der Waals surface area contributed by atoms with E-state index in [1.54, 1.807) is 17.5 Å². The summed E-state index contributed by atoms with van der Waals surface area (Å²) in [5.41, 5.74) is 0.870. The maximum Gasteiger partial charge on any atom is 0.349 e. The van der Waals surface area contributed by atoms with Gasteiger partial charge in [0, 0.05) is 6.54 Å². The largest absolute Gasteiger partial charge is 0.468 e. The Balaban J connectivity index is 1.98. The molecule has 3 rings (SSSR count). The maximum absolute atomic E-state index is 13.2. The average Bonchev–Trinajstić information content (AvgIpc) is 3.34. The fourth-order valence-electron chi connectivity index (χ4n) is 2.27. The van der Waals surface area contributed by atoms with Crippen molar-refractivity contribution in [3.63, 3.8) is 0 Å². The normalized spacial score (nSPS) is 11.8. The van der Waals surface area contributed by atoms with E-state index in [-0.39, 0.29) is 22.9 Å². The first kappa shape index (κ1) is 17.9. The molecule has 132 valence electrons. The fourth-order valence-corrected chi connectivity index (χ4v) is 5.63. The molecule has 0 atom stereocenters. The topological polar surface area (TPSA) is 76.8 Å². The number of hydrogen-bond acceptors (Lipinski definition) is 7. The minimum Gasteiger partial charge on any atom is -0.468 e. The molecular weight excluding hydrogens is 382 g/mol. The molecule has 0 radical (unpaired) electrons. The SMILES string of the molecule is COC(=O)c1sccc1S(=O)(=O)N(Cc1ccsc1)Cc1ccco1. The zero-order valence-electron chi connectivity index (χ0n) is 13.2. The van der Waals surface area contributed by atoms with Gasteiger partial charge in [0.05, 0.1) is 19.9 Å². The molecule has 6 nitrogen and oxygen atoms in total. The van der Waals surface area contributed by atoms with Crippen molar-refractivity contribution in [1.82, 2.24) is 4.31 Å². The molecule has 3 heterocycles. The zero-order chi connectivity index (χ0) is 17.9. The van der Waals surface area contributed by atoms with E-state index in [1.807, 2.05) is 16.8 Å². The van der Waals surface area contributed by atoms with Gasteiger partial charge in [-0.2, -0.15) is 15.6 Å². The summed E-state index contributed by atoms with van der Waals surface area (Å²) < 4.78 is 37.6. The zero-order valence-corrected chi connectivity index (χ0v) is 15.7. The molecule has 0 spiro atoms. The Labute approximate surface area is 153 Å². The molecule has 0 N–H and O–H groups in total. The van der Waals surface area contributed by atoms with Crippen molar-refractivity contribution < 1.29 is 22.4 Å². The number of ether oxygens (including phenoxy) is 1. The highest BCUT2D eigenvalue weighted by Crippen LogP contribution is 2.28. The van der Waals surface area contributed by atoms with Crippen LogP contribution in [0.2, 0.25) is 0 Å².